The number of likely N-dealkylation sites (tertiary alicyclic amines) is 1. The highest BCUT2D eigenvalue weighted by Gasteiger charge is 2.34. The zero-order valence-electron chi connectivity index (χ0n) is 12.4. The first-order chi connectivity index (χ1) is 10.2. The van der Waals surface area contributed by atoms with E-state index in [4.69, 9.17) is 4.74 Å². The Morgan fingerprint density at radius 1 is 1.43 bits per heavy atom. The summed E-state index contributed by atoms with van der Waals surface area (Å²) in [7, 11) is 1.65. The molecule has 1 saturated heterocycles. The van der Waals surface area contributed by atoms with Gasteiger partial charge in [-0.25, -0.2) is 0 Å². The minimum atomic E-state index is -0.0967. The van der Waals surface area contributed by atoms with Gasteiger partial charge >= 0.3 is 0 Å². The fraction of sp³-hybridized carbons (Fsp3) is 0.471. The Kier molecular flexibility index (Phi) is 5.96. The molecule has 2 atom stereocenters. The molecule has 0 aromatic heterocycles. The highest BCUT2D eigenvalue weighted by molar-refractivity contribution is 5.77. The Morgan fingerprint density at radius 2 is 2.19 bits per heavy atom. The fourth-order valence-electron chi connectivity index (χ4n) is 2.66. The van der Waals surface area contributed by atoms with Crippen molar-refractivity contribution in [3.05, 3.63) is 42.0 Å². The second-order valence-electron chi connectivity index (χ2n) is 5.33. The van der Waals surface area contributed by atoms with Crippen LogP contribution in [0.5, 0.6) is 0 Å². The van der Waals surface area contributed by atoms with E-state index in [2.05, 4.69) is 0 Å². The number of methoxy groups -OCH3 is 1. The molecule has 1 heterocycles. The lowest BCUT2D eigenvalue weighted by atomic mass is 10.1. The van der Waals surface area contributed by atoms with E-state index in [9.17, 15) is 9.90 Å². The van der Waals surface area contributed by atoms with Crippen molar-refractivity contribution in [1.29, 1.82) is 0 Å². The number of allylic oxidation sites excluding steroid dienone is 1. The van der Waals surface area contributed by atoms with Gasteiger partial charge in [-0.1, -0.05) is 42.5 Å². The fourth-order valence-corrected chi connectivity index (χ4v) is 2.66. The number of aliphatic hydroxyl groups excluding tert-OH is 1. The SMILES string of the molecule is CO[C@@H]1C[C@@H](CO)N(C(=O)CC/C=C/c2ccccc2)C1. The average molecular weight is 289 g/mol. The molecule has 1 aliphatic heterocycles. The minimum absolute atomic E-state index is 0.00541. The summed E-state index contributed by atoms with van der Waals surface area (Å²) >= 11 is 0. The third kappa shape index (κ3) is 4.41. The maximum absolute atomic E-state index is 12.2. The normalized spacial score (nSPS) is 22.1. The molecule has 2 rings (SSSR count). The summed E-state index contributed by atoms with van der Waals surface area (Å²) in [6, 6.07) is 9.93. The first kappa shape index (κ1) is 15.7. The lowest BCUT2D eigenvalue weighted by Gasteiger charge is -2.22. The molecule has 1 aliphatic rings. The number of ether oxygens (including phenoxy) is 1. The maximum atomic E-state index is 12.2. The predicted octanol–water partition coefficient (Wildman–Crippen LogP) is 2.09. The standard InChI is InChI=1S/C17H23NO3/c1-21-16-11-15(13-19)18(12-16)17(20)10-6-5-9-14-7-3-2-4-8-14/h2-5,7-9,15-16,19H,6,10-13H2,1H3/b9-5+/t15-,16+/m0/s1. The van der Waals surface area contributed by atoms with Crippen molar-refractivity contribution < 1.29 is 14.6 Å². The van der Waals surface area contributed by atoms with Gasteiger partial charge in [0.2, 0.25) is 5.91 Å². The van der Waals surface area contributed by atoms with Crippen molar-refractivity contribution >= 4 is 12.0 Å². The quantitative estimate of drug-likeness (QED) is 0.872. The molecule has 0 radical (unpaired) electrons. The molecule has 1 fully saturated rings. The average Bonchev–Trinajstić information content (AvgIpc) is 2.96. The number of amides is 1. The molecule has 1 aromatic carbocycles. The first-order valence-corrected chi connectivity index (χ1v) is 7.39. The maximum Gasteiger partial charge on any atom is 0.223 e. The summed E-state index contributed by atoms with van der Waals surface area (Å²) in [4.78, 5) is 14.0. The number of rotatable bonds is 6. The van der Waals surface area contributed by atoms with Crippen LogP contribution >= 0.6 is 0 Å². The van der Waals surface area contributed by atoms with E-state index in [1.54, 1.807) is 12.0 Å². The van der Waals surface area contributed by atoms with Crippen LogP contribution in [0.4, 0.5) is 0 Å². The number of benzene rings is 1. The summed E-state index contributed by atoms with van der Waals surface area (Å²) < 4.78 is 5.29. The Labute approximate surface area is 126 Å². The molecule has 0 saturated carbocycles. The number of carbonyl (C=O) groups excluding carboxylic acids is 1. The molecular weight excluding hydrogens is 266 g/mol. The van der Waals surface area contributed by atoms with E-state index in [1.165, 1.54) is 0 Å². The molecule has 0 unspecified atom stereocenters. The molecule has 1 aromatic rings. The van der Waals surface area contributed by atoms with Crippen LogP contribution < -0.4 is 0 Å². The van der Waals surface area contributed by atoms with E-state index in [-0.39, 0.29) is 24.7 Å². The van der Waals surface area contributed by atoms with E-state index in [0.29, 0.717) is 19.4 Å². The van der Waals surface area contributed by atoms with Crippen LogP contribution in [0, 0.1) is 0 Å². The zero-order valence-corrected chi connectivity index (χ0v) is 12.4. The van der Waals surface area contributed by atoms with Gasteiger partial charge < -0.3 is 14.7 Å². The topological polar surface area (TPSA) is 49.8 Å². The van der Waals surface area contributed by atoms with Crippen molar-refractivity contribution in [3.63, 3.8) is 0 Å². The molecule has 0 bridgehead atoms. The molecule has 0 spiro atoms. The Morgan fingerprint density at radius 3 is 2.86 bits per heavy atom. The molecule has 4 heteroatoms. The summed E-state index contributed by atoms with van der Waals surface area (Å²) in [5, 5.41) is 9.36. The smallest absolute Gasteiger partial charge is 0.223 e. The lowest BCUT2D eigenvalue weighted by Crippen LogP contribution is -2.37. The monoisotopic (exact) mass is 289 g/mol. The van der Waals surface area contributed by atoms with Gasteiger partial charge in [-0.15, -0.1) is 0 Å². The summed E-state index contributed by atoms with van der Waals surface area (Å²) in [5.41, 5.74) is 1.14. The molecule has 1 N–H and O–H groups in total. The van der Waals surface area contributed by atoms with Crippen molar-refractivity contribution in [2.24, 2.45) is 0 Å². The predicted molar refractivity (Wildman–Crippen MR) is 82.7 cm³/mol. The van der Waals surface area contributed by atoms with E-state index in [0.717, 1.165) is 12.0 Å². The number of aliphatic hydroxyl groups is 1. The number of hydrogen-bond acceptors (Lipinski definition) is 3. The van der Waals surface area contributed by atoms with Gasteiger partial charge in [0.15, 0.2) is 0 Å². The molecule has 1 amide bonds. The Bertz CT molecular complexity index is 472. The largest absolute Gasteiger partial charge is 0.394 e. The van der Waals surface area contributed by atoms with E-state index >= 15 is 0 Å². The van der Waals surface area contributed by atoms with Gasteiger partial charge in [0, 0.05) is 20.1 Å². The van der Waals surface area contributed by atoms with Gasteiger partial charge in [-0.2, -0.15) is 0 Å². The van der Waals surface area contributed by atoms with Gasteiger partial charge in [0.05, 0.1) is 18.8 Å². The summed E-state index contributed by atoms with van der Waals surface area (Å²) in [6.07, 6.45) is 5.99. The third-order valence-electron chi connectivity index (χ3n) is 3.88. The summed E-state index contributed by atoms with van der Waals surface area (Å²) in [5.74, 6) is 0.0892. The van der Waals surface area contributed by atoms with Crippen LogP contribution in [0.25, 0.3) is 6.08 Å². The van der Waals surface area contributed by atoms with Gasteiger partial charge in [0.1, 0.15) is 0 Å². The highest BCUT2D eigenvalue weighted by atomic mass is 16.5. The molecule has 4 nitrogen and oxygen atoms in total. The van der Waals surface area contributed by atoms with Gasteiger partial charge in [-0.05, 0) is 18.4 Å². The van der Waals surface area contributed by atoms with Crippen LogP contribution in [-0.4, -0.2) is 48.3 Å². The molecular formula is C17H23NO3. The second kappa shape index (κ2) is 7.96. The number of carbonyl (C=O) groups is 1. The first-order valence-electron chi connectivity index (χ1n) is 7.39. The second-order valence-corrected chi connectivity index (χ2v) is 5.33. The van der Waals surface area contributed by atoms with Gasteiger partial charge in [-0.3, -0.25) is 4.79 Å². The van der Waals surface area contributed by atoms with Crippen molar-refractivity contribution in [2.45, 2.75) is 31.4 Å². The number of hydrogen-bond donors (Lipinski definition) is 1. The molecule has 0 aliphatic carbocycles. The van der Waals surface area contributed by atoms with Gasteiger partial charge in [0.25, 0.3) is 0 Å². The Balaban J connectivity index is 1.80. The summed E-state index contributed by atoms with van der Waals surface area (Å²) in [6.45, 7) is 0.592. The van der Waals surface area contributed by atoms with Crippen LogP contribution in [-0.2, 0) is 9.53 Å². The molecule has 21 heavy (non-hydrogen) atoms. The van der Waals surface area contributed by atoms with Crippen LogP contribution in [0.15, 0.2) is 36.4 Å². The van der Waals surface area contributed by atoms with Crippen LogP contribution in [0.2, 0.25) is 0 Å². The zero-order chi connectivity index (χ0) is 15.1. The van der Waals surface area contributed by atoms with Crippen molar-refractivity contribution in [2.75, 3.05) is 20.3 Å². The number of nitrogens with zero attached hydrogens (tertiary/aromatic N) is 1. The van der Waals surface area contributed by atoms with Crippen LogP contribution in [0.1, 0.15) is 24.8 Å². The lowest BCUT2D eigenvalue weighted by molar-refractivity contribution is -0.133. The van der Waals surface area contributed by atoms with Crippen molar-refractivity contribution in [1.82, 2.24) is 4.90 Å². The minimum Gasteiger partial charge on any atom is -0.394 e. The van der Waals surface area contributed by atoms with E-state index in [1.807, 2.05) is 42.5 Å². The van der Waals surface area contributed by atoms with Crippen LogP contribution in [0.3, 0.4) is 0 Å². The van der Waals surface area contributed by atoms with E-state index < -0.39 is 0 Å². The highest BCUT2D eigenvalue weighted by Crippen LogP contribution is 2.21. The third-order valence-corrected chi connectivity index (χ3v) is 3.88. The van der Waals surface area contributed by atoms with Crippen molar-refractivity contribution in [3.8, 4) is 0 Å². The molecule has 114 valence electrons. The Hall–Kier alpha value is -1.65.